The average Bonchev–Trinajstić information content (AvgIpc) is 3.23. The molecule has 1 atom stereocenters. The van der Waals surface area contributed by atoms with Crippen LogP contribution in [-0.4, -0.2) is 39.7 Å². The first kappa shape index (κ1) is 21.8. The molecule has 160 valence electrons. The minimum atomic E-state index is -4.79. The summed E-state index contributed by atoms with van der Waals surface area (Å²) in [4.78, 5) is 28.1. The molecule has 1 aliphatic rings. The second-order valence-electron chi connectivity index (χ2n) is 6.54. The molecule has 0 aliphatic heterocycles. The monoisotopic (exact) mass is 430 g/mol. The Morgan fingerprint density at radius 2 is 1.94 bits per heavy atom. The molecule has 2 aromatic rings. The molecule has 1 unspecified atom stereocenters. The first-order chi connectivity index (χ1) is 14.8. The van der Waals surface area contributed by atoms with E-state index in [9.17, 15) is 22.8 Å². The number of nitrogens with one attached hydrogen (secondary N) is 2. The molecule has 0 saturated carbocycles. The van der Waals surface area contributed by atoms with E-state index in [4.69, 9.17) is 5.26 Å². The van der Waals surface area contributed by atoms with Gasteiger partial charge in [0, 0.05) is 25.5 Å². The summed E-state index contributed by atoms with van der Waals surface area (Å²) in [5, 5.41) is 17.1. The van der Waals surface area contributed by atoms with E-state index in [2.05, 4.69) is 20.7 Å². The van der Waals surface area contributed by atoms with E-state index in [-0.39, 0.29) is 24.3 Å². The Morgan fingerprint density at radius 3 is 2.52 bits per heavy atom. The quantitative estimate of drug-likeness (QED) is 0.684. The molecular formula is C20H17F3N6O2. The van der Waals surface area contributed by atoms with Crippen LogP contribution in [0.2, 0.25) is 0 Å². The van der Waals surface area contributed by atoms with Crippen molar-refractivity contribution in [2.24, 2.45) is 0 Å². The lowest BCUT2D eigenvalue weighted by molar-refractivity contribution is -0.141. The first-order valence-corrected chi connectivity index (χ1v) is 9.22. The van der Waals surface area contributed by atoms with Crippen LogP contribution < -0.4 is 10.6 Å². The average molecular weight is 430 g/mol. The van der Waals surface area contributed by atoms with Crippen molar-refractivity contribution in [3.05, 3.63) is 71.3 Å². The maximum atomic E-state index is 13.4. The zero-order valence-electron chi connectivity index (χ0n) is 16.1. The van der Waals surface area contributed by atoms with Gasteiger partial charge in [-0.3, -0.25) is 14.3 Å². The molecule has 0 bridgehead atoms. The summed E-state index contributed by atoms with van der Waals surface area (Å²) < 4.78 is 41.2. The summed E-state index contributed by atoms with van der Waals surface area (Å²) in [5.41, 5.74) is -1.48. The van der Waals surface area contributed by atoms with Crippen molar-refractivity contribution in [3.8, 4) is 6.07 Å². The number of pyridine rings is 1. The third-order valence-corrected chi connectivity index (χ3v) is 4.38. The number of halogens is 3. The number of nitriles is 1. The molecule has 1 aliphatic carbocycles. The fourth-order valence-corrected chi connectivity index (χ4v) is 2.84. The standard InChI is InChI=1S/C20H17F3N6O2/c21-20(22,23)17-16(12-29(28-17)15-4-2-1-3-5-15)19(31)26-9-8-25-18(30)13-6-7-14(10-24)27-11-13/h1-4,6-7,11-12,15H,5,8-9H2,(H,25,30)(H,26,31). The minimum Gasteiger partial charge on any atom is -0.350 e. The van der Waals surface area contributed by atoms with Crippen LogP contribution in [-0.2, 0) is 6.18 Å². The lowest BCUT2D eigenvalue weighted by Gasteiger charge is -2.13. The van der Waals surface area contributed by atoms with E-state index in [0.717, 1.165) is 10.9 Å². The number of hydrogen-bond acceptors (Lipinski definition) is 5. The fourth-order valence-electron chi connectivity index (χ4n) is 2.84. The highest BCUT2D eigenvalue weighted by molar-refractivity contribution is 5.95. The van der Waals surface area contributed by atoms with Crippen LogP contribution in [0.1, 0.15) is 44.6 Å². The Kier molecular flexibility index (Phi) is 6.49. The van der Waals surface area contributed by atoms with Gasteiger partial charge in [-0.1, -0.05) is 24.3 Å². The topological polar surface area (TPSA) is 113 Å². The van der Waals surface area contributed by atoms with Gasteiger partial charge in [-0.2, -0.15) is 23.5 Å². The molecule has 3 rings (SSSR count). The second kappa shape index (κ2) is 9.25. The lowest BCUT2D eigenvalue weighted by atomic mass is 10.1. The van der Waals surface area contributed by atoms with Gasteiger partial charge in [-0.05, 0) is 18.6 Å². The predicted octanol–water partition coefficient (Wildman–Crippen LogP) is 2.39. The summed E-state index contributed by atoms with van der Waals surface area (Å²) in [7, 11) is 0. The normalized spacial score (nSPS) is 15.4. The molecular weight excluding hydrogens is 413 g/mol. The molecule has 31 heavy (non-hydrogen) atoms. The Morgan fingerprint density at radius 1 is 1.19 bits per heavy atom. The van der Waals surface area contributed by atoms with Crippen LogP contribution in [0.3, 0.4) is 0 Å². The highest BCUT2D eigenvalue weighted by atomic mass is 19.4. The van der Waals surface area contributed by atoms with Gasteiger partial charge in [-0.25, -0.2) is 4.98 Å². The van der Waals surface area contributed by atoms with Crippen LogP contribution in [0, 0.1) is 11.3 Å². The fraction of sp³-hybridized carbons (Fsp3) is 0.250. The van der Waals surface area contributed by atoms with Gasteiger partial charge in [0.25, 0.3) is 11.8 Å². The number of carbonyl (C=O) groups excluding carboxylic acids is 2. The summed E-state index contributed by atoms with van der Waals surface area (Å²) in [5.74, 6) is -1.43. The van der Waals surface area contributed by atoms with E-state index in [1.165, 1.54) is 18.3 Å². The molecule has 0 radical (unpaired) electrons. The van der Waals surface area contributed by atoms with E-state index >= 15 is 0 Å². The van der Waals surface area contributed by atoms with Crippen molar-refractivity contribution < 1.29 is 22.8 Å². The first-order valence-electron chi connectivity index (χ1n) is 9.22. The second-order valence-corrected chi connectivity index (χ2v) is 6.54. The van der Waals surface area contributed by atoms with Crippen LogP contribution >= 0.6 is 0 Å². The maximum absolute atomic E-state index is 13.4. The molecule has 2 aromatic heterocycles. The summed E-state index contributed by atoms with van der Waals surface area (Å²) >= 11 is 0. The molecule has 2 heterocycles. The van der Waals surface area contributed by atoms with Crippen molar-refractivity contribution in [3.63, 3.8) is 0 Å². The van der Waals surface area contributed by atoms with E-state index in [1.54, 1.807) is 24.3 Å². The Bertz CT molecular complexity index is 1060. The molecule has 0 aromatic carbocycles. The maximum Gasteiger partial charge on any atom is 0.435 e. The molecule has 0 spiro atoms. The largest absolute Gasteiger partial charge is 0.435 e. The van der Waals surface area contributed by atoms with Crippen LogP contribution in [0.4, 0.5) is 13.2 Å². The smallest absolute Gasteiger partial charge is 0.350 e. The molecule has 8 nitrogen and oxygen atoms in total. The van der Waals surface area contributed by atoms with E-state index in [0.29, 0.717) is 6.42 Å². The number of carbonyl (C=O) groups is 2. The SMILES string of the molecule is N#Cc1ccc(C(=O)NCCNC(=O)c2cn(C3C=CC=CC3)nc2C(F)(F)F)cn1. The van der Waals surface area contributed by atoms with Gasteiger partial charge >= 0.3 is 6.18 Å². The van der Waals surface area contributed by atoms with Gasteiger partial charge in [-0.15, -0.1) is 0 Å². The van der Waals surface area contributed by atoms with Crippen molar-refractivity contribution in [1.29, 1.82) is 5.26 Å². The summed E-state index contributed by atoms with van der Waals surface area (Å²) in [6.07, 6.45) is 4.96. The van der Waals surface area contributed by atoms with Crippen molar-refractivity contribution >= 4 is 11.8 Å². The molecule has 0 saturated heterocycles. The number of hydrogen-bond donors (Lipinski definition) is 2. The van der Waals surface area contributed by atoms with Gasteiger partial charge in [0.15, 0.2) is 5.69 Å². The minimum absolute atomic E-state index is 0.0176. The lowest BCUT2D eigenvalue weighted by Crippen LogP contribution is -2.35. The highest BCUT2D eigenvalue weighted by Crippen LogP contribution is 2.32. The highest BCUT2D eigenvalue weighted by Gasteiger charge is 2.39. The molecule has 2 N–H and O–H groups in total. The number of allylic oxidation sites excluding steroid dienone is 4. The predicted molar refractivity (Wildman–Crippen MR) is 103 cm³/mol. The third kappa shape index (κ3) is 5.36. The number of aromatic nitrogens is 3. The van der Waals surface area contributed by atoms with Crippen molar-refractivity contribution in [2.75, 3.05) is 13.1 Å². The summed E-state index contributed by atoms with van der Waals surface area (Å²) in [6.45, 7) is -0.112. The summed E-state index contributed by atoms with van der Waals surface area (Å²) in [6, 6.07) is 4.21. The number of amides is 2. The zero-order valence-corrected chi connectivity index (χ0v) is 16.1. The Labute approximate surface area is 175 Å². The van der Waals surface area contributed by atoms with E-state index in [1.807, 2.05) is 6.07 Å². The van der Waals surface area contributed by atoms with Gasteiger partial charge < -0.3 is 10.6 Å². The number of nitrogens with zero attached hydrogens (tertiary/aromatic N) is 4. The third-order valence-electron chi connectivity index (χ3n) is 4.38. The van der Waals surface area contributed by atoms with Gasteiger partial charge in [0.1, 0.15) is 11.8 Å². The number of rotatable bonds is 6. The number of alkyl halides is 3. The zero-order chi connectivity index (χ0) is 22.4. The van der Waals surface area contributed by atoms with Crippen molar-refractivity contribution in [1.82, 2.24) is 25.4 Å². The van der Waals surface area contributed by atoms with Crippen molar-refractivity contribution in [2.45, 2.75) is 18.6 Å². The van der Waals surface area contributed by atoms with Gasteiger partial charge in [0.05, 0.1) is 17.2 Å². The van der Waals surface area contributed by atoms with E-state index < -0.39 is 35.3 Å². The Hall–Kier alpha value is -3.94. The van der Waals surface area contributed by atoms with Crippen LogP contribution in [0.5, 0.6) is 0 Å². The Balaban J connectivity index is 1.60. The molecule has 11 heteroatoms. The van der Waals surface area contributed by atoms with Gasteiger partial charge in [0.2, 0.25) is 0 Å². The van der Waals surface area contributed by atoms with Crippen LogP contribution in [0.25, 0.3) is 0 Å². The molecule has 2 amide bonds. The van der Waals surface area contributed by atoms with Crippen LogP contribution in [0.15, 0.2) is 48.8 Å². The molecule has 0 fully saturated rings.